The molecule has 3 rings (SSSR count). The van der Waals surface area contributed by atoms with Crippen LogP contribution < -0.4 is 5.32 Å². The molecule has 0 bridgehead atoms. The van der Waals surface area contributed by atoms with E-state index in [0.29, 0.717) is 5.56 Å². The molecule has 1 aliphatic rings. The number of phenolic OH excluding ortho intramolecular Hbond substituents is 1. The Morgan fingerprint density at radius 2 is 2.29 bits per heavy atom. The van der Waals surface area contributed by atoms with Gasteiger partial charge in [0.2, 0.25) is 0 Å². The van der Waals surface area contributed by atoms with E-state index in [0.717, 1.165) is 24.4 Å². The zero-order valence-corrected chi connectivity index (χ0v) is 9.07. The number of aromatic amines is 1. The van der Waals surface area contributed by atoms with Gasteiger partial charge in [0.25, 0.3) is 0 Å². The molecule has 0 spiro atoms. The molecule has 0 amide bonds. The number of fused-ring (bicyclic) bond motifs is 1. The van der Waals surface area contributed by atoms with Crippen molar-refractivity contribution in [1.82, 2.24) is 15.3 Å². The number of hydrogen-bond acceptors (Lipinski definition) is 3. The molecule has 88 valence electrons. The van der Waals surface area contributed by atoms with E-state index in [1.54, 1.807) is 6.33 Å². The van der Waals surface area contributed by atoms with E-state index >= 15 is 0 Å². The van der Waals surface area contributed by atoms with Crippen molar-refractivity contribution >= 4 is 0 Å². The average Bonchev–Trinajstić information content (AvgIpc) is 2.80. The van der Waals surface area contributed by atoms with E-state index in [1.165, 1.54) is 18.2 Å². The van der Waals surface area contributed by atoms with Crippen molar-refractivity contribution in [1.29, 1.82) is 0 Å². The number of phenols is 1. The molecule has 5 heteroatoms. The number of halogens is 1. The maximum absolute atomic E-state index is 13.2. The van der Waals surface area contributed by atoms with Gasteiger partial charge in [-0.1, -0.05) is 0 Å². The maximum atomic E-state index is 13.2. The maximum Gasteiger partial charge on any atom is 0.123 e. The highest BCUT2D eigenvalue weighted by Gasteiger charge is 2.26. The number of aromatic nitrogens is 2. The molecule has 1 aromatic carbocycles. The van der Waals surface area contributed by atoms with Gasteiger partial charge in [-0.05, 0) is 18.2 Å². The van der Waals surface area contributed by atoms with Gasteiger partial charge < -0.3 is 15.4 Å². The number of H-pyrrole nitrogens is 1. The summed E-state index contributed by atoms with van der Waals surface area (Å²) in [6.07, 6.45) is 2.49. The summed E-state index contributed by atoms with van der Waals surface area (Å²) in [6.45, 7) is 0.774. The molecule has 0 saturated carbocycles. The predicted octanol–water partition coefficient (Wildman–Crippen LogP) is 1.49. The van der Waals surface area contributed by atoms with Gasteiger partial charge in [0, 0.05) is 24.2 Å². The van der Waals surface area contributed by atoms with E-state index in [1.807, 2.05) is 0 Å². The molecular weight excluding hydrogens is 221 g/mol. The number of benzene rings is 1. The van der Waals surface area contributed by atoms with Crippen molar-refractivity contribution in [3.8, 4) is 5.75 Å². The zero-order chi connectivity index (χ0) is 11.8. The molecule has 1 aromatic heterocycles. The molecule has 0 aliphatic carbocycles. The van der Waals surface area contributed by atoms with Crippen LogP contribution in [0.25, 0.3) is 0 Å². The molecule has 1 aliphatic heterocycles. The quantitative estimate of drug-likeness (QED) is 0.699. The van der Waals surface area contributed by atoms with Crippen LogP contribution in [-0.4, -0.2) is 21.6 Å². The van der Waals surface area contributed by atoms with Crippen molar-refractivity contribution in [2.45, 2.75) is 12.5 Å². The van der Waals surface area contributed by atoms with E-state index in [2.05, 4.69) is 15.3 Å². The first-order chi connectivity index (χ1) is 8.25. The fraction of sp³-hybridized carbons (Fsp3) is 0.250. The van der Waals surface area contributed by atoms with Crippen LogP contribution in [0.1, 0.15) is 23.0 Å². The summed E-state index contributed by atoms with van der Waals surface area (Å²) in [5, 5.41) is 13.0. The lowest BCUT2D eigenvalue weighted by Gasteiger charge is -2.24. The van der Waals surface area contributed by atoms with Crippen LogP contribution in [0, 0.1) is 5.82 Å². The zero-order valence-electron chi connectivity index (χ0n) is 9.07. The van der Waals surface area contributed by atoms with Gasteiger partial charge >= 0.3 is 0 Å². The second-order valence-electron chi connectivity index (χ2n) is 4.11. The highest BCUT2D eigenvalue weighted by Crippen LogP contribution is 2.32. The highest BCUT2D eigenvalue weighted by molar-refractivity contribution is 5.41. The lowest BCUT2D eigenvalue weighted by atomic mass is 9.97. The Morgan fingerprint density at radius 1 is 1.41 bits per heavy atom. The Morgan fingerprint density at radius 3 is 3.18 bits per heavy atom. The standard InChI is InChI=1S/C12H12FN3O/c13-7-1-2-10(17)8(5-7)11-12-9(3-4-14-11)15-6-16-12/h1-2,5-6,11,14,17H,3-4H2,(H,15,16)/t11-/m1/s1. The lowest BCUT2D eigenvalue weighted by molar-refractivity contribution is 0.448. The first-order valence-corrected chi connectivity index (χ1v) is 5.49. The summed E-state index contributed by atoms with van der Waals surface area (Å²) in [7, 11) is 0. The van der Waals surface area contributed by atoms with E-state index in [9.17, 15) is 9.50 Å². The molecule has 2 heterocycles. The van der Waals surface area contributed by atoms with Gasteiger partial charge in [-0.3, -0.25) is 0 Å². The Bertz CT molecular complexity index is 552. The fourth-order valence-electron chi connectivity index (χ4n) is 2.23. The third kappa shape index (κ3) is 1.68. The molecule has 2 aromatic rings. The van der Waals surface area contributed by atoms with Gasteiger partial charge in [-0.2, -0.15) is 0 Å². The third-order valence-corrected chi connectivity index (χ3v) is 3.05. The molecule has 0 fully saturated rings. The van der Waals surface area contributed by atoms with E-state index in [4.69, 9.17) is 0 Å². The largest absolute Gasteiger partial charge is 0.508 e. The molecule has 1 atom stereocenters. The van der Waals surface area contributed by atoms with Gasteiger partial charge in [-0.15, -0.1) is 0 Å². The predicted molar refractivity (Wildman–Crippen MR) is 60.2 cm³/mol. The second kappa shape index (κ2) is 3.85. The summed E-state index contributed by atoms with van der Waals surface area (Å²) in [4.78, 5) is 7.30. The van der Waals surface area contributed by atoms with Crippen molar-refractivity contribution in [2.24, 2.45) is 0 Å². The monoisotopic (exact) mass is 233 g/mol. The first-order valence-electron chi connectivity index (χ1n) is 5.49. The SMILES string of the molecule is Oc1ccc(F)cc1[C@H]1NCCc2[nH]cnc21. The second-order valence-corrected chi connectivity index (χ2v) is 4.11. The van der Waals surface area contributed by atoms with Crippen molar-refractivity contribution in [2.75, 3.05) is 6.54 Å². The number of rotatable bonds is 1. The topological polar surface area (TPSA) is 60.9 Å². The van der Waals surface area contributed by atoms with Crippen molar-refractivity contribution in [3.05, 3.63) is 47.3 Å². The minimum Gasteiger partial charge on any atom is -0.508 e. The average molecular weight is 233 g/mol. The van der Waals surface area contributed by atoms with Crippen LogP contribution in [0.4, 0.5) is 4.39 Å². The summed E-state index contributed by atoms with van der Waals surface area (Å²) in [5.41, 5.74) is 2.40. The molecule has 0 radical (unpaired) electrons. The lowest BCUT2D eigenvalue weighted by Crippen LogP contribution is -2.30. The van der Waals surface area contributed by atoms with Gasteiger partial charge in [-0.25, -0.2) is 9.37 Å². The van der Waals surface area contributed by atoms with E-state index < -0.39 is 0 Å². The first kappa shape index (κ1) is 10.3. The molecule has 0 saturated heterocycles. The molecule has 3 N–H and O–H groups in total. The molecular formula is C12H12FN3O. The van der Waals surface area contributed by atoms with Crippen LogP contribution in [0.5, 0.6) is 5.75 Å². The van der Waals surface area contributed by atoms with Crippen molar-refractivity contribution in [3.63, 3.8) is 0 Å². The molecule has 0 unspecified atom stereocenters. The van der Waals surface area contributed by atoms with Crippen LogP contribution >= 0.6 is 0 Å². The normalized spacial score (nSPS) is 19.0. The number of nitrogens with zero attached hydrogens (tertiary/aromatic N) is 1. The van der Waals surface area contributed by atoms with Crippen LogP contribution in [0.15, 0.2) is 24.5 Å². The summed E-state index contributed by atoms with van der Waals surface area (Å²) in [5.74, 6) is -0.276. The molecule has 17 heavy (non-hydrogen) atoms. The van der Waals surface area contributed by atoms with Crippen LogP contribution in [0.2, 0.25) is 0 Å². The fourth-order valence-corrected chi connectivity index (χ4v) is 2.23. The Balaban J connectivity index is 2.09. The summed E-state index contributed by atoms with van der Waals surface area (Å²) >= 11 is 0. The Hall–Kier alpha value is -1.88. The van der Waals surface area contributed by atoms with Crippen LogP contribution in [-0.2, 0) is 6.42 Å². The van der Waals surface area contributed by atoms with Gasteiger partial charge in [0.05, 0.1) is 18.1 Å². The third-order valence-electron chi connectivity index (χ3n) is 3.05. The number of hydrogen-bond donors (Lipinski definition) is 3. The summed E-state index contributed by atoms with van der Waals surface area (Å²) in [6, 6.07) is 3.71. The minimum atomic E-state index is -0.359. The highest BCUT2D eigenvalue weighted by atomic mass is 19.1. The number of imidazole rings is 1. The van der Waals surface area contributed by atoms with Crippen LogP contribution in [0.3, 0.4) is 0 Å². The van der Waals surface area contributed by atoms with Crippen molar-refractivity contribution < 1.29 is 9.50 Å². The number of aromatic hydroxyl groups is 1. The van der Waals surface area contributed by atoms with E-state index in [-0.39, 0.29) is 17.6 Å². The Labute approximate surface area is 97.5 Å². The smallest absolute Gasteiger partial charge is 0.123 e. The number of nitrogens with one attached hydrogen (secondary N) is 2. The van der Waals surface area contributed by atoms with Gasteiger partial charge in [0.15, 0.2) is 0 Å². The van der Waals surface area contributed by atoms with Gasteiger partial charge in [0.1, 0.15) is 11.6 Å². The summed E-state index contributed by atoms with van der Waals surface area (Å²) < 4.78 is 13.2. The molecule has 4 nitrogen and oxygen atoms in total. The Kier molecular flexibility index (Phi) is 2.33. The minimum absolute atomic E-state index is 0.0831.